The van der Waals surface area contributed by atoms with Crippen molar-refractivity contribution in [3.05, 3.63) is 16.1 Å². The second kappa shape index (κ2) is 8.26. The van der Waals surface area contributed by atoms with Crippen molar-refractivity contribution in [2.75, 3.05) is 39.4 Å². The predicted octanol–water partition coefficient (Wildman–Crippen LogP) is 3.45. The molecule has 3 heterocycles. The minimum Gasteiger partial charge on any atom is -0.381 e. The first-order valence-electron chi connectivity index (χ1n) is 9.98. The van der Waals surface area contributed by atoms with E-state index in [-0.39, 0.29) is 5.41 Å². The quantitative estimate of drug-likeness (QED) is 0.644. The zero-order valence-corrected chi connectivity index (χ0v) is 17.6. The largest absolute Gasteiger partial charge is 0.381 e. The second-order valence-corrected chi connectivity index (χ2v) is 9.59. The van der Waals surface area contributed by atoms with Gasteiger partial charge in [-0.05, 0) is 31.6 Å². The van der Waals surface area contributed by atoms with E-state index in [1.54, 1.807) is 11.3 Å². The predicted molar refractivity (Wildman–Crippen MR) is 109 cm³/mol. The highest BCUT2D eigenvalue weighted by molar-refractivity contribution is 7.09. The number of hydrogen-bond acceptors (Lipinski definition) is 4. The summed E-state index contributed by atoms with van der Waals surface area (Å²) >= 11 is 1.76. The molecule has 5 nitrogen and oxygen atoms in total. The first kappa shape index (κ1) is 19.6. The number of ether oxygens (including phenoxy) is 1. The average molecular weight is 379 g/mol. The van der Waals surface area contributed by atoms with Crippen molar-refractivity contribution in [3.8, 4) is 0 Å². The average Bonchev–Trinajstić information content (AvgIpc) is 3.22. The van der Waals surface area contributed by atoms with E-state index in [2.05, 4.69) is 43.3 Å². The van der Waals surface area contributed by atoms with Gasteiger partial charge >= 0.3 is 0 Å². The van der Waals surface area contributed by atoms with Crippen LogP contribution in [0.25, 0.3) is 0 Å². The lowest BCUT2D eigenvalue weighted by Crippen LogP contribution is -2.42. The summed E-state index contributed by atoms with van der Waals surface area (Å²) < 4.78 is 5.57. The summed E-state index contributed by atoms with van der Waals surface area (Å²) in [6.45, 7) is 14.6. The fourth-order valence-electron chi connectivity index (χ4n) is 3.78. The van der Waals surface area contributed by atoms with Gasteiger partial charge in [0.15, 0.2) is 5.96 Å². The molecule has 1 aromatic rings. The Balaban J connectivity index is 1.58. The summed E-state index contributed by atoms with van der Waals surface area (Å²) in [5.74, 6) is 1.07. The molecule has 0 radical (unpaired) electrons. The van der Waals surface area contributed by atoms with Gasteiger partial charge < -0.3 is 15.0 Å². The first-order valence-corrected chi connectivity index (χ1v) is 10.9. The maximum atomic E-state index is 5.57. The normalized spacial score (nSPS) is 20.8. The smallest absolute Gasteiger partial charge is 0.193 e. The highest BCUT2D eigenvalue weighted by Gasteiger charge is 2.40. The summed E-state index contributed by atoms with van der Waals surface area (Å²) in [7, 11) is 0. The summed E-state index contributed by atoms with van der Waals surface area (Å²) in [5, 5.41) is 6.88. The van der Waals surface area contributed by atoms with Crippen LogP contribution < -0.4 is 5.32 Å². The molecule has 2 aliphatic rings. The molecule has 1 spiro atoms. The highest BCUT2D eigenvalue weighted by atomic mass is 32.1. The Hall–Kier alpha value is -1.14. The molecule has 0 aromatic carbocycles. The Morgan fingerprint density at radius 1 is 1.35 bits per heavy atom. The fourth-order valence-corrected chi connectivity index (χ4v) is 4.80. The Morgan fingerprint density at radius 2 is 2.12 bits per heavy atom. The van der Waals surface area contributed by atoms with Crippen LogP contribution in [0.2, 0.25) is 0 Å². The monoisotopic (exact) mass is 378 g/mol. The standard InChI is InChI=1S/C20H34N4OS/c1-5-21-18(24-11-7-20(15-24)8-12-25-13-9-20)22-10-6-17-23-16(14-26-17)19(2,3)4/h14H,5-13,15H2,1-4H3,(H,21,22). The lowest BCUT2D eigenvalue weighted by atomic mass is 9.80. The van der Waals surface area contributed by atoms with Crippen LogP contribution in [0, 0.1) is 5.41 Å². The molecule has 0 saturated carbocycles. The molecule has 0 amide bonds. The van der Waals surface area contributed by atoms with Gasteiger partial charge in [0.05, 0.1) is 10.7 Å². The van der Waals surface area contributed by atoms with E-state index in [1.807, 2.05) is 0 Å². The molecular weight excluding hydrogens is 344 g/mol. The van der Waals surface area contributed by atoms with Crippen LogP contribution in [0.4, 0.5) is 0 Å². The minimum absolute atomic E-state index is 0.126. The molecule has 1 N–H and O–H groups in total. The van der Waals surface area contributed by atoms with Gasteiger partial charge in [0.25, 0.3) is 0 Å². The number of thiazole rings is 1. The zero-order chi connectivity index (χ0) is 18.6. The maximum Gasteiger partial charge on any atom is 0.193 e. The Morgan fingerprint density at radius 3 is 2.77 bits per heavy atom. The van der Waals surface area contributed by atoms with Crippen molar-refractivity contribution >= 4 is 17.3 Å². The van der Waals surface area contributed by atoms with Gasteiger partial charge in [-0.25, -0.2) is 4.98 Å². The van der Waals surface area contributed by atoms with Crippen LogP contribution in [-0.2, 0) is 16.6 Å². The SMILES string of the molecule is CCNC(=NCCc1nc(C(C)(C)C)cs1)N1CCC2(CCOCC2)C1. The van der Waals surface area contributed by atoms with Gasteiger partial charge in [-0.1, -0.05) is 20.8 Å². The number of rotatable bonds is 4. The van der Waals surface area contributed by atoms with Crippen molar-refractivity contribution in [1.82, 2.24) is 15.2 Å². The van der Waals surface area contributed by atoms with Gasteiger partial charge in [0, 0.05) is 56.6 Å². The lowest BCUT2D eigenvalue weighted by Gasteiger charge is -2.33. The third-order valence-electron chi connectivity index (χ3n) is 5.53. The summed E-state index contributed by atoms with van der Waals surface area (Å²) in [4.78, 5) is 12.2. The van der Waals surface area contributed by atoms with Crippen molar-refractivity contribution in [2.24, 2.45) is 10.4 Å². The molecule has 2 aliphatic heterocycles. The molecular formula is C20H34N4OS. The Bertz CT molecular complexity index is 614. The van der Waals surface area contributed by atoms with Crippen LogP contribution >= 0.6 is 11.3 Å². The molecule has 2 fully saturated rings. The summed E-state index contributed by atoms with van der Waals surface area (Å²) in [5.41, 5.74) is 1.76. The van der Waals surface area contributed by atoms with E-state index in [0.29, 0.717) is 5.41 Å². The van der Waals surface area contributed by atoms with E-state index in [1.165, 1.54) is 30.0 Å². The van der Waals surface area contributed by atoms with Gasteiger partial charge in [0.1, 0.15) is 0 Å². The first-order chi connectivity index (χ1) is 12.4. The van der Waals surface area contributed by atoms with Gasteiger partial charge in [-0.2, -0.15) is 0 Å². The van der Waals surface area contributed by atoms with Crippen molar-refractivity contribution in [2.45, 2.75) is 58.8 Å². The number of guanidine groups is 1. The number of aromatic nitrogens is 1. The fraction of sp³-hybridized carbons (Fsp3) is 0.800. The van der Waals surface area contributed by atoms with E-state index in [4.69, 9.17) is 14.7 Å². The molecule has 0 unspecified atom stereocenters. The van der Waals surface area contributed by atoms with E-state index in [9.17, 15) is 0 Å². The molecule has 0 aliphatic carbocycles. The van der Waals surface area contributed by atoms with Crippen LogP contribution in [-0.4, -0.2) is 55.2 Å². The van der Waals surface area contributed by atoms with E-state index < -0.39 is 0 Å². The number of nitrogens with one attached hydrogen (secondary N) is 1. The Kier molecular flexibility index (Phi) is 6.23. The molecule has 3 rings (SSSR count). The molecule has 6 heteroatoms. The third-order valence-corrected chi connectivity index (χ3v) is 6.44. The number of nitrogens with zero attached hydrogens (tertiary/aromatic N) is 3. The molecule has 1 aromatic heterocycles. The highest BCUT2D eigenvalue weighted by Crippen LogP contribution is 2.39. The number of likely N-dealkylation sites (tertiary alicyclic amines) is 1. The van der Waals surface area contributed by atoms with Crippen LogP contribution in [0.5, 0.6) is 0 Å². The molecule has 26 heavy (non-hydrogen) atoms. The maximum absolute atomic E-state index is 5.57. The van der Waals surface area contributed by atoms with Crippen LogP contribution in [0.15, 0.2) is 10.4 Å². The molecule has 0 atom stereocenters. The third kappa shape index (κ3) is 4.77. The molecule has 2 saturated heterocycles. The second-order valence-electron chi connectivity index (χ2n) is 8.65. The molecule has 146 valence electrons. The van der Waals surface area contributed by atoms with Gasteiger partial charge in [-0.3, -0.25) is 4.99 Å². The van der Waals surface area contributed by atoms with Crippen molar-refractivity contribution in [1.29, 1.82) is 0 Å². The van der Waals surface area contributed by atoms with Crippen molar-refractivity contribution < 1.29 is 4.74 Å². The zero-order valence-electron chi connectivity index (χ0n) is 16.8. The Labute approximate surface area is 162 Å². The topological polar surface area (TPSA) is 49.8 Å². The van der Waals surface area contributed by atoms with E-state index in [0.717, 1.165) is 51.8 Å². The van der Waals surface area contributed by atoms with E-state index >= 15 is 0 Å². The van der Waals surface area contributed by atoms with Crippen LogP contribution in [0.3, 0.4) is 0 Å². The van der Waals surface area contributed by atoms with Crippen molar-refractivity contribution in [3.63, 3.8) is 0 Å². The number of hydrogen-bond donors (Lipinski definition) is 1. The minimum atomic E-state index is 0.126. The van der Waals surface area contributed by atoms with Gasteiger partial charge in [0.2, 0.25) is 0 Å². The van der Waals surface area contributed by atoms with Gasteiger partial charge in [-0.15, -0.1) is 11.3 Å². The summed E-state index contributed by atoms with van der Waals surface area (Å²) in [6, 6.07) is 0. The molecule has 0 bridgehead atoms. The number of aliphatic imine (C=N–C) groups is 1. The summed E-state index contributed by atoms with van der Waals surface area (Å²) in [6.07, 6.45) is 4.57. The van der Waals surface area contributed by atoms with Crippen LogP contribution in [0.1, 0.15) is 57.7 Å². The lowest BCUT2D eigenvalue weighted by molar-refractivity contribution is 0.0217.